The number of benzene rings is 1. The zero-order valence-corrected chi connectivity index (χ0v) is 18.1. The molecule has 0 fully saturated rings. The minimum Gasteiger partial charge on any atom is -0.481 e. The molecule has 0 bridgehead atoms. The average molecular weight is 482 g/mol. The van der Waals surface area contributed by atoms with E-state index in [0.29, 0.717) is 11.1 Å². The highest BCUT2D eigenvalue weighted by atomic mass is 19.4. The highest BCUT2D eigenvalue weighted by Crippen LogP contribution is 2.34. The van der Waals surface area contributed by atoms with Crippen LogP contribution in [0.25, 0.3) is 22.5 Å². The number of hydrogen-bond acceptors (Lipinski definition) is 3. The normalized spacial score (nSPS) is 13.2. The van der Waals surface area contributed by atoms with Crippen LogP contribution >= 0.6 is 0 Å². The first-order valence-corrected chi connectivity index (χ1v) is 10.2. The van der Waals surface area contributed by atoms with Gasteiger partial charge in [-0.1, -0.05) is 26.0 Å². The van der Waals surface area contributed by atoms with Gasteiger partial charge in [-0.25, -0.2) is 4.98 Å². The van der Waals surface area contributed by atoms with Crippen LogP contribution in [-0.4, -0.2) is 21.0 Å². The van der Waals surface area contributed by atoms with E-state index in [2.05, 4.69) is 9.97 Å². The van der Waals surface area contributed by atoms with Gasteiger partial charge in [-0.3, -0.25) is 9.78 Å². The topological polar surface area (TPSA) is 63.1 Å². The number of carboxylic acids is 1. The van der Waals surface area contributed by atoms with Gasteiger partial charge < -0.3 is 5.11 Å². The van der Waals surface area contributed by atoms with Crippen LogP contribution in [0.5, 0.6) is 0 Å². The van der Waals surface area contributed by atoms with Crippen molar-refractivity contribution >= 4 is 5.97 Å². The lowest BCUT2D eigenvalue weighted by Gasteiger charge is -2.18. The third-order valence-corrected chi connectivity index (χ3v) is 5.11. The molecule has 4 nitrogen and oxygen atoms in total. The molecule has 180 valence electrons. The highest BCUT2D eigenvalue weighted by Gasteiger charge is 2.32. The Morgan fingerprint density at radius 1 is 0.882 bits per heavy atom. The molecular formula is C24H20F6N2O2. The van der Waals surface area contributed by atoms with E-state index in [9.17, 15) is 36.2 Å². The van der Waals surface area contributed by atoms with Gasteiger partial charge in [0.25, 0.3) is 0 Å². The smallest absolute Gasteiger partial charge is 0.433 e. The molecular weight excluding hydrogens is 462 g/mol. The van der Waals surface area contributed by atoms with Crippen LogP contribution in [0.15, 0.2) is 54.7 Å². The fourth-order valence-corrected chi connectivity index (χ4v) is 3.44. The summed E-state index contributed by atoms with van der Waals surface area (Å²) in [5.41, 5.74) is -0.775. The molecule has 34 heavy (non-hydrogen) atoms. The maximum Gasteiger partial charge on any atom is 0.433 e. The second-order valence-corrected chi connectivity index (χ2v) is 8.20. The lowest BCUT2D eigenvalue weighted by atomic mass is 9.89. The van der Waals surface area contributed by atoms with E-state index in [1.54, 1.807) is 0 Å². The Kier molecular flexibility index (Phi) is 6.99. The summed E-state index contributed by atoms with van der Waals surface area (Å²) >= 11 is 0. The Hall–Kier alpha value is -3.43. The standard InChI is InChI=1S/C24H20F6N2O2/c1-13(2)9-18(22(33)34)16-10-19(14-3-6-17(7-4-14)23(25,26)27)32-20(11-16)15-5-8-21(31-12-15)24(28,29)30/h3-8,10-13,18H,9H2,1-2H3,(H,33,34). The number of rotatable bonds is 6. The Morgan fingerprint density at radius 3 is 1.88 bits per heavy atom. The summed E-state index contributed by atoms with van der Waals surface area (Å²) < 4.78 is 77.5. The Labute approximate surface area is 191 Å². The summed E-state index contributed by atoms with van der Waals surface area (Å²) in [4.78, 5) is 19.8. The van der Waals surface area contributed by atoms with Crippen molar-refractivity contribution in [2.75, 3.05) is 0 Å². The number of alkyl halides is 6. The minimum absolute atomic E-state index is 0.0139. The molecule has 0 saturated carbocycles. The molecule has 0 spiro atoms. The number of aromatic nitrogens is 2. The number of hydrogen-bond donors (Lipinski definition) is 1. The van der Waals surface area contributed by atoms with Gasteiger partial charge in [-0.05, 0) is 54.3 Å². The molecule has 2 heterocycles. The van der Waals surface area contributed by atoms with E-state index in [-0.39, 0.29) is 29.3 Å². The molecule has 0 radical (unpaired) electrons. The summed E-state index contributed by atoms with van der Waals surface area (Å²) in [7, 11) is 0. The van der Waals surface area contributed by atoms with Crippen LogP contribution in [0.3, 0.4) is 0 Å². The zero-order chi connectivity index (χ0) is 25.3. The first-order chi connectivity index (χ1) is 15.8. The lowest BCUT2D eigenvalue weighted by Crippen LogP contribution is -2.14. The fourth-order valence-electron chi connectivity index (χ4n) is 3.44. The molecule has 1 unspecified atom stereocenters. The van der Waals surface area contributed by atoms with Gasteiger partial charge in [-0.15, -0.1) is 0 Å². The largest absolute Gasteiger partial charge is 0.481 e. The summed E-state index contributed by atoms with van der Waals surface area (Å²) in [6.45, 7) is 3.68. The summed E-state index contributed by atoms with van der Waals surface area (Å²) in [6, 6.07) is 9.06. The molecule has 1 atom stereocenters. The quantitative estimate of drug-likeness (QED) is 0.382. The minimum atomic E-state index is -4.63. The molecule has 0 amide bonds. The van der Waals surface area contributed by atoms with E-state index in [4.69, 9.17) is 0 Å². The number of carboxylic acid groups (broad SMARTS) is 1. The Balaban J connectivity index is 2.14. The van der Waals surface area contributed by atoms with Crippen molar-refractivity contribution in [1.29, 1.82) is 0 Å². The fraction of sp³-hybridized carbons (Fsp3) is 0.292. The molecule has 1 aromatic carbocycles. The molecule has 3 aromatic rings. The van der Waals surface area contributed by atoms with Gasteiger partial charge in [-0.2, -0.15) is 26.3 Å². The van der Waals surface area contributed by atoms with E-state index >= 15 is 0 Å². The third kappa shape index (κ3) is 5.92. The number of halogens is 6. The first-order valence-electron chi connectivity index (χ1n) is 10.2. The van der Waals surface area contributed by atoms with Crippen molar-refractivity contribution in [3.8, 4) is 22.5 Å². The van der Waals surface area contributed by atoms with Crippen LogP contribution in [0.1, 0.15) is 43.0 Å². The van der Waals surface area contributed by atoms with Crippen LogP contribution in [0, 0.1) is 5.92 Å². The van der Waals surface area contributed by atoms with E-state index < -0.39 is 35.5 Å². The summed E-state index contributed by atoms with van der Waals surface area (Å²) in [6.07, 6.45) is -7.92. The lowest BCUT2D eigenvalue weighted by molar-refractivity contribution is -0.141. The van der Waals surface area contributed by atoms with Crippen molar-refractivity contribution < 1.29 is 36.2 Å². The SMILES string of the molecule is CC(C)CC(C(=O)O)c1cc(-c2ccc(C(F)(F)F)cc2)nc(-c2ccc(C(F)(F)F)nc2)c1. The first kappa shape index (κ1) is 25.2. The number of aliphatic carboxylic acids is 1. The average Bonchev–Trinajstić information content (AvgIpc) is 2.76. The van der Waals surface area contributed by atoms with Crippen LogP contribution < -0.4 is 0 Å². The third-order valence-electron chi connectivity index (χ3n) is 5.11. The molecule has 10 heteroatoms. The van der Waals surface area contributed by atoms with Gasteiger partial charge in [0.15, 0.2) is 0 Å². The predicted octanol–water partition coefficient (Wildman–Crippen LogP) is 7.06. The van der Waals surface area contributed by atoms with Crippen molar-refractivity contribution in [1.82, 2.24) is 9.97 Å². The zero-order valence-electron chi connectivity index (χ0n) is 18.1. The van der Waals surface area contributed by atoms with Crippen molar-refractivity contribution in [3.63, 3.8) is 0 Å². The highest BCUT2D eigenvalue weighted by molar-refractivity contribution is 5.78. The van der Waals surface area contributed by atoms with Crippen LogP contribution in [0.2, 0.25) is 0 Å². The number of carbonyl (C=O) groups is 1. The molecule has 2 aromatic heterocycles. The van der Waals surface area contributed by atoms with Gasteiger partial charge in [0.1, 0.15) is 5.69 Å². The number of pyridine rings is 2. The molecule has 3 rings (SSSR count). The van der Waals surface area contributed by atoms with Crippen molar-refractivity contribution in [2.24, 2.45) is 5.92 Å². The Morgan fingerprint density at radius 2 is 1.44 bits per heavy atom. The molecule has 0 aliphatic carbocycles. The van der Waals surface area contributed by atoms with Crippen LogP contribution in [-0.2, 0) is 17.1 Å². The van der Waals surface area contributed by atoms with Gasteiger partial charge in [0.2, 0.25) is 0 Å². The molecule has 1 N–H and O–H groups in total. The second-order valence-electron chi connectivity index (χ2n) is 8.20. The molecule has 0 saturated heterocycles. The van der Waals surface area contributed by atoms with Gasteiger partial charge in [0, 0.05) is 17.3 Å². The summed E-state index contributed by atoms with van der Waals surface area (Å²) in [5.74, 6) is -2.04. The maximum atomic E-state index is 12.9. The van der Waals surface area contributed by atoms with E-state index in [0.717, 1.165) is 30.5 Å². The maximum absolute atomic E-state index is 12.9. The van der Waals surface area contributed by atoms with Gasteiger partial charge >= 0.3 is 18.3 Å². The summed E-state index contributed by atoms with van der Waals surface area (Å²) in [5, 5.41) is 9.77. The second kappa shape index (κ2) is 9.44. The molecule has 0 aliphatic rings. The van der Waals surface area contributed by atoms with Crippen LogP contribution in [0.4, 0.5) is 26.3 Å². The van der Waals surface area contributed by atoms with Crippen molar-refractivity contribution in [2.45, 2.75) is 38.5 Å². The van der Waals surface area contributed by atoms with Crippen molar-refractivity contribution in [3.05, 3.63) is 71.5 Å². The number of nitrogens with zero attached hydrogens (tertiary/aromatic N) is 2. The monoisotopic (exact) mass is 482 g/mol. The Bertz CT molecular complexity index is 1080. The predicted molar refractivity (Wildman–Crippen MR) is 113 cm³/mol. The van der Waals surface area contributed by atoms with E-state index in [1.807, 2.05) is 13.8 Å². The van der Waals surface area contributed by atoms with E-state index in [1.165, 1.54) is 24.3 Å². The molecule has 0 aliphatic heterocycles. The van der Waals surface area contributed by atoms with Gasteiger partial charge in [0.05, 0.1) is 22.9 Å².